The van der Waals surface area contributed by atoms with Gasteiger partial charge in [-0.3, -0.25) is 15.1 Å². The highest BCUT2D eigenvalue weighted by Crippen LogP contribution is 2.33. The van der Waals surface area contributed by atoms with Crippen molar-refractivity contribution in [1.29, 1.82) is 0 Å². The summed E-state index contributed by atoms with van der Waals surface area (Å²) in [5.74, 6) is 0. The molecule has 1 N–H and O–H groups in total. The molecule has 1 aromatic carbocycles. The molecule has 0 amide bonds. The number of pyridine rings is 1. The standard InChI is InChI=1S/C16H18N4O4S.ClH/c1-12-4-5-16(14(9-12)20(21)22)25(23,24)19-8-7-18-11-15(19)13-3-2-6-17-10-13;/h2-6,9-10,15,18H,7-8,11H2,1H3;1H. The quantitative estimate of drug-likeness (QED) is 0.624. The van der Waals surface area contributed by atoms with Crippen LogP contribution in [0.5, 0.6) is 0 Å². The zero-order valence-corrected chi connectivity index (χ0v) is 15.7. The Balaban J connectivity index is 0.00000243. The topological polar surface area (TPSA) is 105 Å². The molecule has 26 heavy (non-hydrogen) atoms. The van der Waals surface area contributed by atoms with E-state index < -0.39 is 26.7 Å². The van der Waals surface area contributed by atoms with Gasteiger partial charge in [-0.15, -0.1) is 12.4 Å². The summed E-state index contributed by atoms with van der Waals surface area (Å²) in [6.07, 6.45) is 3.23. The predicted molar refractivity (Wildman–Crippen MR) is 98.8 cm³/mol. The van der Waals surface area contributed by atoms with Gasteiger partial charge in [-0.25, -0.2) is 8.42 Å². The predicted octanol–water partition coefficient (Wildman–Crippen LogP) is 2.06. The van der Waals surface area contributed by atoms with E-state index in [0.29, 0.717) is 18.7 Å². The molecule has 0 aliphatic carbocycles. The number of aryl methyl sites for hydroxylation is 1. The highest BCUT2D eigenvalue weighted by Gasteiger charge is 2.38. The molecule has 0 bridgehead atoms. The second-order valence-electron chi connectivity index (χ2n) is 5.85. The van der Waals surface area contributed by atoms with Crippen molar-refractivity contribution >= 4 is 28.1 Å². The highest BCUT2D eigenvalue weighted by molar-refractivity contribution is 7.89. The second-order valence-corrected chi connectivity index (χ2v) is 7.71. The smallest absolute Gasteiger partial charge is 0.289 e. The van der Waals surface area contributed by atoms with Gasteiger partial charge in [-0.05, 0) is 30.2 Å². The van der Waals surface area contributed by atoms with Crippen molar-refractivity contribution in [2.75, 3.05) is 19.6 Å². The molecule has 1 aromatic heterocycles. The van der Waals surface area contributed by atoms with Crippen molar-refractivity contribution in [3.63, 3.8) is 0 Å². The number of nitrogens with one attached hydrogen (secondary N) is 1. The van der Waals surface area contributed by atoms with Crippen molar-refractivity contribution < 1.29 is 13.3 Å². The van der Waals surface area contributed by atoms with Crippen molar-refractivity contribution in [2.24, 2.45) is 0 Å². The van der Waals surface area contributed by atoms with E-state index in [1.165, 1.54) is 16.4 Å². The number of nitrogens with zero attached hydrogens (tertiary/aromatic N) is 3. The molecule has 2 heterocycles. The van der Waals surface area contributed by atoms with Crippen LogP contribution in [-0.4, -0.2) is 42.3 Å². The van der Waals surface area contributed by atoms with Crippen molar-refractivity contribution in [1.82, 2.24) is 14.6 Å². The number of sulfonamides is 1. The number of hydrogen-bond acceptors (Lipinski definition) is 6. The van der Waals surface area contributed by atoms with Gasteiger partial charge in [0, 0.05) is 38.1 Å². The highest BCUT2D eigenvalue weighted by atomic mass is 35.5. The first-order valence-corrected chi connectivity index (χ1v) is 9.23. The molecular weight excluding hydrogens is 380 g/mol. The number of halogens is 1. The summed E-state index contributed by atoms with van der Waals surface area (Å²) < 4.78 is 27.7. The zero-order chi connectivity index (χ0) is 18.0. The van der Waals surface area contributed by atoms with E-state index in [-0.39, 0.29) is 23.8 Å². The lowest BCUT2D eigenvalue weighted by atomic mass is 10.1. The summed E-state index contributed by atoms with van der Waals surface area (Å²) in [6.45, 7) is 2.82. The maximum absolute atomic E-state index is 13.2. The minimum Gasteiger partial charge on any atom is -0.313 e. The van der Waals surface area contributed by atoms with E-state index in [9.17, 15) is 18.5 Å². The van der Waals surface area contributed by atoms with Crippen LogP contribution in [0.2, 0.25) is 0 Å². The van der Waals surface area contributed by atoms with Gasteiger partial charge >= 0.3 is 0 Å². The van der Waals surface area contributed by atoms with Crippen LogP contribution >= 0.6 is 12.4 Å². The number of hydrogen-bond donors (Lipinski definition) is 1. The Morgan fingerprint density at radius 3 is 2.77 bits per heavy atom. The van der Waals surface area contributed by atoms with Gasteiger partial charge in [0.15, 0.2) is 4.90 Å². The third kappa shape index (κ3) is 3.85. The van der Waals surface area contributed by atoms with Gasteiger partial charge in [-0.1, -0.05) is 12.1 Å². The SMILES string of the molecule is Cc1ccc(S(=O)(=O)N2CCNCC2c2cccnc2)c([N+](=O)[O-])c1.Cl. The third-order valence-corrected chi connectivity index (χ3v) is 6.12. The monoisotopic (exact) mass is 398 g/mol. The summed E-state index contributed by atoms with van der Waals surface area (Å²) in [5, 5.41) is 14.5. The minimum absolute atomic E-state index is 0. The molecule has 8 nitrogen and oxygen atoms in total. The molecule has 0 saturated carbocycles. The van der Waals surface area contributed by atoms with Gasteiger partial charge in [0.05, 0.1) is 11.0 Å². The van der Waals surface area contributed by atoms with Gasteiger partial charge in [-0.2, -0.15) is 4.31 Å². The fourth-order valence-corrected chi connectivity index (χ4v) is 4.70. The molecular formula is C16H19ClN4O4S. The van der Waals surface area contributed by atoms with E-state index in [1.807, 2.05) is 0 Å². The fraction of sp³-hybridized carbons (Fsp3) is 0.312. The Hall–Kier alpha value is -2.07. The number of rotatable bonds is 4. The Bertz CT molecular complexity index is 892. The largest absolute Gasteiger partial charge is 0.313 e. The molecule has 0 radical (unpaired) electrons. The lowest BCUT2D eigenvalue weighted by Crippen LogP contribution is -2.48. The van der Waals surface area contributed by atoms with Crippen LogP contribution in [0, 0.1) is 17.0 Å². The van der Waals surface area contributed by atoms with Crippen LogP contribution < -0.4 is 5.32 Å². The molecule has 1 atom stereocenters. The molecule has 1 aliphatic rings. The average Bonchev–Trinajstić information content (AvgIpc) is 2.62. The molecule has 2 aromatic rings. The van der Waals surface area contributed by atoms with E-state index in [0.717, 1.165) is 5.56 Å². The average molecular weight is 399 g/mol. The van der Waals surface area contributed by atoms with Crippen molar-refractivity contribution in [3.8, 4) is 0 Å². The summed E-state index contributed by atoms with van der Waals surface area (Å²) >= 11 is 0. The summed E-state index contributed by atoms with van der Waals surface area (Å²) in [7, 11) is -4.03. The number of piperazine rings is 1. The van der Waals surface area contributed by atoms with Gasteiger partial charge in [0.2, 0.25) is 0 Å². The summed E-state index contributed by atoms with van der Waals surface area (Å²) in [6, 6.07) is 7.24. The molecule has 1 aliphatic heterocycles. The van der Waals surface area contributed by atoms with Crippen LogP contribution in [0.4, 0.5) is 5.69 Å². The molecule has 0 spiro atoms. The maximum atomic E-state index is 13.2. The molecule has 10 heteroatoms. The van der Waals surface area contributed by atoms with Gasteiger partial charge < -0.3 is 5.32 Å². The Morgan fingerprint density at radius 2 is 2.12 bits per heavy atom. The van der Waals surface area contributed by atoms with Crippen LogP contribution in [0.1, 0.15) is 17.2 Å². The third-order valence-electron chi connectivity index (χ3n) is 4.16. The summed E-state index contributed by atoms with van der Waals surface area (Å²) in [5.41, 5.74) is 0.978. The molecule has 1 saturated heterocycles. The fourth-order valence-electron chi connectivity index (χ4n) is 2.95. The van der Waals surface area contributed by atoms with Crippen LogP contribution in [0.3, 0.4) is 0 Å². The van der Waals surface area contributed by atoms with Gasteiger partial charge in [0.1, 0.15) is 0 Å². The van der Waals surface area contributed by atoms with Crippen LogP contribution in [0.25, 0.3) is 0 Å². The second kappa shape index (κ2) is 8.09. The number of nitro groups is 1. The molecule has 3 rings (SSSR count). The van der Waals surface area contributed by atoms with E-state index in [4.69, 9.17) is 0 Å². The van der Waals surface area contributed by atoms with E-state index in [2.05, 4.69) is 10.3 Å². The Kier molecular flexibility index (Phi) is 6.30. The van der Waals surface area contributed by atoms with Gasteiger partial charge in [0.25, 0.3) is 15.7 Å². The lowest BCUT2D eigenvalue weighted by Gasteiger charge is -2.35. The number of benzene rings is 1. The Labute approximate surface area is 157 Å². The molecule has 1 fully saturated rings. The molecule has 140 valence electrons. The van der Waals surface area contributed by atoms with Crippen molar-refractivity contribution in [2.45, 2.75) is 17.9 Å². The van der Waals surface area contributed by atoms with E-state index in [1.54, 1.807) is 37.5 Å². The number of aromatic nitrogens is 1. The summed E-state index contributed by atoms with van der Waals surface area (Å²) in [4.78, 5) is 14.5. The van der Waals surface area contributed by atoms with Crippen molar-refractivity contribution in [3.05, 3.63) is 64.0 Å². The maximum Gasteiger partial charge on any atom is 0.289 e. The first-order chi connectivity index (χ1) is 11.9. The zero-order valence-electron chi connectivity index (χ0n) is 14.0. The first kappa shape index (κ1) is 20.2. The van der Waals surface area contributed by atoms with Crippen LogP contribution in [-0.2, 0) is 10.0 Å². The van der Waals surface area contributed by atoms with Crippen LogP contribution in [0.15, 0.2) is 47.6 Å². The van der Waals surface area contributed by atoms with E-state index >= 15 is 0 Å². The minimum atomic E-state index is -4.03. The first-order valence-electron chi connectivity index (χ1n) is 7.79. The number of nitro benzene ring substituents is 1. The normalized spacial score (nSPS) is 18.1. The Morgan fingerprint density at radius 1 is 1.35 bits per heavy atom. The molecule has 1 unspecified atom stereocenters. The lowest BCUT2D eigenvalue weighted by molar-refractivity contribution is -0.387.